The van der Waals surface area contributed by atoms with Gasteiger partial charge in [0.25, 0.3) is 0 Å². The number of aromatic amines is 2. The van der Waals surface area contributed by atoms with E-state index in [0.717, 1.165) is 16.7 Å². The summed E-state index contributed by atoms with van der Waals surface area (Å²) in [6.07, 6.45) is 3.68. The van der Waals surface area contributed by atoms with Crippen molar-refractivity contribution in [1.29, 1.82) is 0 Å². The summed E-state index contributed by atoms with van der Waals surface area (Å²) < 4.78 is 0. The van der Waals surface area contributed by atoms with Crippen molar-refractivity contribution in [2.24, 2.45) is 5.73 Å². The van der Waals surface area contributed by atoms with Crippen LogP contribution in [-0.2, 0) is 6.42 Å². The summed E-state index contributed by atoms with van der Waals surface area (Å²) in [7, 11) is 0. The monoisotopic (exact) mass is 255 g/mol. The number of hydrogen-bond donors (Lipinski definition) is 3. The molecule has 3 aromatic rings. The molecular weight excluding hydrogens is 242 g/mol. The van der Waals surface area contributed by atoms with E-state index in [4.69, 9.17) is 5.73 Å². The van der Waals surface area contributed by atoms with Crippen LogP contribution in [0.25, 0.3) is 11.0 Å². The first kappa shape index (κ1) is 11.6. The zero-order chi connectivity index (χ0) is 13.2. The number of Topliss-reactive ketones (excluding diaryl/α,β-unsaturated/α-hetero) is 1. The molecule has 1 aromatic carbocycles. The van der Waals surface area contributed by atoms with Gasteiger partial charge in [0.1, 0.15) is 0 Å². The Morgan fingerprint density at radius 2 is 2.21 bits per heavy atom. The first-order chi connectivity index (χ1) is 9.24. The van der Waals surface area contributed by atoms with Crippen LogP contribution in [0, 0.1) is 0 Å². The summed E-state index contributed by atoms with van der Waals surface area (Å²) in [4.78, 5) is 26.3. The zero-order valence-corrected chi connectivity index (χ0v) is 10.1. The van der Waals surface area contributed by atoms with Crippen molar-refractivity contribution >= 4 is 16.8 Å². The third-order valence-corrected chi connectivity index (χ3v) is 2.94. The summed E-state index contributed by atoms with van der Waals surface area (Å²) in [5.74, 6) is 0.0865. The molecule has 6 nitrogen and oxygen atoms in total. The smallest absolute Gasteiger partial charge is 0.215 e. The Labute approximate surface area is 109 Å². The number of nitrogens with zero attached hydrogens (tertiary/aromatic N) is 2. The van der Waals surface area contributed by atoms with Gasteiger partial charge in [0.05, 0.1) is 29.1 Å². The van der Waals surface area contributed by atoms with E-state index >= 15 is 0 Å². The van der Waals surface area contributed by atoms with Crippen molar-refractivity contribution in [2.75, 3.05) is 0 Å². The lowest BCUT2D eigenvalue weighted by Crippen LogP contribution is -2.33. The lowest BCUT2D eigenvalue weighted by molar-refractivity contribution is 0.0951. The fraction of sp³-hybridized carbons (Fsp3) is 0.154. The van der Waals surface area contributed by atoms with E-state index < -0.39 is 6.04 Å². The maximum Gasteiger partial charge on any atom is 0.215 e. The lowest BCUT2D eigenvalue weighted by atomic mass is 10.1. The number of nitrogens with one attached hydrogen (secondary N) is 2. The molecule has 0 amide bonds. The molecule has 1 atom stereocenters. The molecule has 19 heavy (non-hydrogen) atoms. The Bertz CT molecular complexity index is 668. The number of para-hydroxylation sites is 2. The molecule has 0 aliphatic carbocycles. The van der Waals surface area contributed by atoms with Gasteiger partial charge in [0.2, 0.25) is 5.78 Å². The largest absolute Gasteiger partial charge is 0.351 e. The molecular formula is C13H13N5O. The molecule has 0 aliphatic rings. The second-order valence-electron chi connectivity index (χ2n) is 4.34. The van der Waals surface area contributed by atoms with Gasteiger partial charge < -0.3 is 15.7 Å². The summed E-state index contributed by atoms with van der Waals surface area (Å²) in [6, 6.07) is 6.84. The Morgan fingerprint density at radius 1 is 1.37 bits per heavy atom. The van der Waals surface area contributed by atoms with Gasteiger partial charge in [-0.25, -0.2) is 9.97 Å². The van der Waals surface area contributed by atoms with Gasteiger partial charge in [-0.15, -0.1) is 0 Å². The van der Waals surface area contributed by atoms with Gasteiger partial charge in [0, 0.05) is 12.6 Å². The number of aromatic nitrogens is 4. The normalized spacial score (nSPS) is 12.7. The van der Waals surface area contributed by atoms with Crippen LogP contribution < -0.4 is 5.73 Å². The van der Waals surface area contributed by atoms with Crippen LogP contribution >= 0.6 is 0 Å². The summed E-state index contributed by atoms with van der Waals surface area (Å²) >= 11 is 0. The highest BCUT2D eigenvalue weighted by atomic mass is 16.1. The number of H-pyrrole nitrogens is 2. The number of ketones is 1. The number of carbonyl (C=O) groups excluding carboxylic acids is 1. The quantitative estimate of drug-likeness (QED) is 0.606. The van der Waals surface area contributed by atoms with Gasteiger partial charge in [-0.2, -0.15) is 0 Å². The Hall–Kier alpha value is -2.47. The molecule has 0 fully saturated rings. The first-order valence-corrected chi connectivity index (χ1v) is 5.96. The van der Waals surface area contributed by atoms with Crippen LogP contribution in [0.2, 0.25) is 0 Å². The minimum absolute atomic E-state index is 0.209. The second kappa shape index (κ2) is 4.66. The SMILES string of the molecule is N[C@@H](Cc1c[nH]cn1)C(=O)c1nc2ccccc2[nH]1. The van der Waals surface area contributed by atoms with Crippen molar-refractivity contribution in [1.82, 2.24) is 19.9 Å². The Balaban J connectivity index is 1.82. The Morgan fingerprint density at radius 3 is 2.95 bits per heavy atom. The van der Waals surface area contributed by atoms with Crippen LogP contribution in [0.1, 0.15) is 16.3 Å². The van der Waals surface area contributed by atoms with E-state index in [9.17, 15) is 4.79 Å². The number of nitrogens with two attached hydrogens (primary N) is 1. The zero-order valence-electron chi connectivity index (χ0n) is 10.1. The van der Waals surface area contributed by atoms with E-state index in [0.29, 0.717) is 12.2 Å². The van der Waals surface area contributed by atoms with Crippen LogP contribution in [0.15, 0.2) is 36.8 Å². The average Bonchev–Trinajstić information content (AvgIpc) is 3.05. The van der Waals surface area contributed by atoms with E-state index in [1.54, 1.807) is 12.5 Å². The van der Waals surface area contributed by atoms with Crippen LogP contribution in [0.4, 0.5) is 0 Å². The van der Waals surface area contributed by atoms with Crippen molar-refractivity contribution in [3.63, 3.8) is 0 Å². The highest BCUT2D eigenvalue weighted by molar-refractivity contribution is 5.99. The van der Waals surface area contributed by atoms with Crippen molar-refractivity contribution in [3.8, 4) is 0 Å². The number of carbonyl (C=O) groups is 1. The van der Waals surface area contributed by atoms with Gasteiger partial charge >= 0.3 is 0 Å². The van der Waals surface area contributed by atoms with Crippen LogP contribution in [-0.4, -0.2) is 31.8 Å². The van der Waals surface area contributed by atoms with Crippen molar-refractivity contribution in [3.05, 3.63) is 48.3 Å². The fourth-order valence-corrected chi connectivity index (χ4v) is 1.97. The predicted octanol–water partition coefficient (Wildman–Crippen LogP) is 1.04. The average molecular weight is 255 g/mol. The maximum atomic E-state index is 12.2. The van der Waals surface area contributed by atoms with E-state index in [-0.39, 0.29) is 5.78 Å². The molecule has 2 heterocycles. The molecule has 2 aromatic heterocycles. The lowest BCUT2D eigenvalue weighted by Gasteiger charge is -2.06. The first-order valence-electron chi connectivity index (χ1n) is 5.96. The molecule has 0 aliphatic heterocycles. The fourth-order valence-electron chi connectivity index (χ4n) is 1.97. The third-order valence-electron chi connectivity index (χ3n) is 2.94. The third kappa shape index (κ3) is 2.25. The van der Waals surface area contributed by atoms with Crippen LogP contribution in [0.3, 0.4) is 0 Å². The van der Waals surface area contributed by atoms with Crippen molar-refractivity contribution in [2.45, 2.75) is 12.5 Å². The molecule has 0 unspecified atom stereocenters. The van der Waals surface area contributed by atoms with E-state index in [1.807, 2.05) is 24.3 Å². The molecule has 0 spiro atoms. The summed E-state index contributed by atoms with van der Waals surface area (Å²) in [5.41, 5.74) is 8.25. The molecule has 0 saturated carbocycles. The second-order valence-corrected chi connectivity index (χ2v) is 4.34. The van der Waals surface area contributed by atoms with E-state index in [2.05, 4.69) is 19.9 Å². The molecule has 0 saturated heterocycles. The van der Waals surface area contributed by atoms with Crippen LogP contribution in [0.5, 0.6) is 0 Å². The minimum Gasteiger partial charge on any atom is -0.351 e. The molecule has 4 N–H and O–H groups in total. The minimum atomic E-state index is -0.649. The molecule has 0 radical (unpaired) electrons. The summed E-state index contributed by atoms with van der Waals surface area (Å²) in [6.45, 7) is 0. The molecule has 3 rings (SSSR count). The van der Waals surface area contributed by atoms with Gasteiger partial charge in [0.15, 0.2) is 5.82 Å². The Kier molecular flexibility index (Phi) is 2.85. The molecule has 0 bridgehead atoms. The standard InChI is InChI=1S/C13H13N5O/c14-9(5-8-6-15-7-16-8)12(19)13-17-10-3-1-2-4-11(10)18-13/h1-4,6-7,9H,5,14H2,(H,15,16)(H,17,18)/t9-/m0/s1. The van der Waals surface area contributed by atoms with Gasteiger partial charge in [-0.1, -0.05) is 12.1 Å². The maximum absolute atomic E-state index is 12.2. The number of hydrogen-bond acceptors (Lipinski definition) is 4. The number of benzene rings is 1. The molecule has 6 heteroatoms. The van der Waals surface area contributed by atoms with Crippen molar-refractivity contribution < 1.29 is 4.79 Å². The number of imidazole rings is 2. The highest BCUT2D eigenvalue weighted by Crippen LogP contribution is 2.12. The van der Waals surface area contributed by atoms with E-state index in [1.165, 1.54) is 0 Å². The highest BCUT2D eigenvalue weighted by Gasteiger charge is 2.20. The summed E-state index contributed by atoms with van der Waals surface area (Å²) in [5, 5.41) is 0. The number of rotatable bonds is 4. The topological polar surface area (TPSA) is 100 Å². The molecule has 96 valence electrons. The number of fused-ring (bicyclic) bond motifs is 1. The predicted molar refractivity (Wildman–Crippen MR) is 70.7 cm³/mol. The van der Waals surface area contributed by atoms with Gasteiger partial charge in [-0.3, -0.25) is 4.79 Å². The van der Waals surface area contributed by atoms with Gasteiger partial charge in [-0.05, 0) is 12.1 Å².